The smallest absolute Gasteiger partial charge is 0.0944 e. The zero-order valence-electron chi connectivity index (χ0n) is 9.88. The Kier molecular flexibility index (Phi) is 3.57. The van der Waals surface area contributed by atoms with Crippen molar-refractivity contribution in [3.05, 3.63) is 60.2 Å². The lowest BCUT2D eigenvalue weighted by molar-refractivity contribution is 0.154. The van der Waals surface area contributed by atoms with Crippen molar-refractivity contribution in [1.82, 2.24) is 0 Å². The molecule has 0 heterocycles. The summed E-state index contributed by atoms with van der Waals surface area (Å²) in [6.45, 7) is 1.81. The number of nitrogens with two attached hydrogens (primary N) is 1. The van der Waals surface area contributed by atoms with Crippen LogP contribution in [0.3, 0.4) is 0 Å². The van der Waals surface area contributed by atoms with Gasteiger partial charge in [0.2, 0.25) is 0 Å². The molecule has 0 spiro atoms. The molecule has 0 unspecified atom stereocenters. The van der Waals surface area contributed by atoms with Crippen LogP contribution in [-0.4, -0.2) is 11.1 Å². The highest BCUT2D eigenvalue weighted by molar-refractivity contribution is 5.67. The Morgan fingerprint density at radius 3 is 2.18 bits per heavy atom. The summed E-state index contributed by atoms with van der Waals surface area (Å²) >= 11 is 0. The van der Waals surface area contributed by atoms with Crippen LogP contribution in [0.15, 0.2) is 54.6 Å². The third-order valence-corrected chi connectivity index (χ3v) is 2.86. The van der Waals surface area contributed by atoms with Crippen molar-refractivity contribution in [1.29, 1.82) is 0 Å². The molecule has 0 aliphatic heterocycles. The summed E-state index contributed by atoms with van der Waals surface area (Å²) in [5.74, 6) is 0. The fourth-order valence-electron chi connectivity index (χ4n) is 1.92. The minimum Gasteiger partial charge on any atom is -0.387 e. The van der Waals surface area contributed by atoms with Gasteiger partial charge < -0.3 is 10.8 Å². The maximum atomic E-state index is 10.1. The molecule has 2 aromatic carbocycles. The largest absolute Gasteiger partial charge is 0.387 e. The number of hydrogen-bond donors (Lipinski definition) is 2. The second kappa shape index (κ2) is 5.13. The topological polar surface area (TPSA) is 46.2 Å². The van der Waals surface area contributed by atoms with Crippen LogP contribution in [0.4, 0.5) is 0 Å². The molecule has 2 aromatic rings. The van der Waals surface area contributed by atoms with Crippen molar-refractivity contribution in [2.24, 2.45) is 5.73 Å². The molecule has 0 aliphatic carbocycles. The maximum Gasteiger partial charge on any atom is 0.0944 e. The van der Waals surface area contributed by atoms with Crippen LogP contribution in [0.1, 0.15) is 18.6 Å². The second-order valence-electron chi connectivity index (χ2n) is 4.26. The van der Waals surface area contributed by atoms with Crippen LogP contribution in [0.2, 0.25) is 0 Å². The SMILES string of the molecule is C[C@@H](N)[C@@H](O)c1ccccc1-c1ccccc1. The van der Waals surface area contributed by atoms with E-state index in [-0.39, 0.29) is 6.04 Å². The van der Waals surface area contributed by atoms with Gasteiger partial charge in [0.15, 0.2) is 0 Å². The van der Waals surface area contributed by atoms with E-state index in [1.807, 2.05) is 61.5 Å². The van der Waals surface area contributed by atoms with E-state index < -0.39 is 6.10 Å². The van der Waals surface area contributed by atoms with E-state index in [9.17, 15) is 5.11 Å². The molecule has 0 aromatic heterocycles. The molecule has 0 aliphatic rings. The van der Waals surface area contributed by atoms with Crippen LogP contribution in [0, 0.1) is 0 Å². The van der Waals surface area contributed by atoms with Crippen molar-refractivity contribution in [3.63, 3.8) is 0 Å². The molecule has 0 amide bonds. The van der Waals surface area contributed by atoms with Crippen molar-refractivity contribution < 1.29 is 5.11 Å². The lowest BCUT2D eigenvalue weighted by Gasteiger charge is -2.18. The number of rotatable bonds is 3. The summed E-state index contributed by atoms with van der Waals surface area (Å²) < 4.78 is 0. The highest BCUT2D eigenvalue weighted by Crippen LogP contribution is 2.28. The van der Waals surface area contributed by atoms with Crippen molar-refractivity contribution in [2.75, 3.05) is 0 Å². The van der Waals surface area contributed by atoms with Gasteiger partial charge in [0.25, 0.3) is 0 Å². The molecule has 0 radical (unpaired) electrons. The Labute approximate surface area is 102 Å². The monoisotopic (exact) mass is 227 g/mol. The summed E-state index contributed by atoms with van der Waals surface area (Å²) in [6, 6.07) is 17.6. The molecule has 17 heavy (non-hydrogen) atoms. The van der Waals surface area contributed by atoms with E-state index in [0.717, 1.165) is 16.7 Å². The zero-order chi connectivity index (χ0) is 12.3. The highest BCUT2D eigenvalue weighted by Gasteiger charge is 2.16. The van der Waals surface area contributed by atoms with Gasteiger partial charge in [0.05, 0.1) is 6.10 Å². The molecule has 0 saturated heterocycles. The molecule has 88 valence electrons. The first-order valence-corrected chi connectivity index (χ1v) is 5.78. The Morgan fingerprint density at radius 1 is 0.941 bits per heavy atom. The van der Waals surface area contributed by atoms with Gasteiger partial charge in [-0.2, -0.15) is 0 Å². The molecule has 0 fully saturated rings. The fourth-order valence-corrected chi connectivity index (χ4v) is 1.92. The minimum atomic E-state index is -0.633. The van der Waals surface area contributed by atoms with E-state index >= 15 is 0 Å². The molecule has 2 rings (SSSR count). The first kappa shape index (κ1) is 11.8. The quantitative estimate of drug-likeness (QED) is 0.847. The van der Waals surface area contributed by atoms with Gasteiger partial charge in [-0.15, -0.1) is 0 Å². The minimum absolute atomic E-state index is 0.278. The van der Waals surface area contributed by atoms with Gasteiger partial charge in [-0.1, -0.05) is 54.6 Å². The fraction of sp³-hybridized carbons (Fsp3) is 0.200. The van der Waals surface area contributed by atoms with Gasteiger partial charge >= 0.3 is 0 Å². The zero-order valence-corrected chi connectivity index (χ0v) is 9.88. The van der Waals surface area contributed by atoms with Crippen LogP contribution in [-0.2, 0) is 0 Å². The van der Waals surface area contributed by atoms with Gasteiger partial charge in [-0.3, -0.25) is 0 Å². The number of aliphatic hydroxyl groups excluding tert-OH is 1. The number of aliphatic hydroxyl groups is 1. The third-order valence-electron chi connectivity index (χ3n) is 2.86. The van der Waals surface area contributed by atoms with Crippen molar-refractivity contribution in [3.8, 4) is 11.1 Å². The summed E-state index contributed by atoms with van der Waals surface area (Å²) in [6.07, 6.45) is -0.633. The molecule has 3 N–H and O–H groups in total. The van der Waals surface area contributed by atoms with Gasteiger partial charge in [0, 0.05) is 6.04 Å². The van der Waals surface area contributed by atoms with E-state index in [0.29, 0.717) is 0 Å². The summed E-state index contributed by atoms with van der Waals surface area (Å²) in [7, 11) is 0. The normalized spacial score (nSPS) is 14.3. The van der Waals surface area contributed by atoms with E-state index in [1.165, 1.54) is 0 Å². The highest BCUT2D eigenvalue weighted by atomic mass is 16.3. The van der Waals surface area contributed by atoms with Gasteiger partial charge in [-0.25, -0.2) is 0 Å². The van der Waals surface area contributed by atoms with Gasteiger partial charge in [-0.05, 0) is 23.6 Å². The van der Waals surface area contributed by atoms with Gasteiger partial charge in [0.1, 0.15) is 0 Å². The number of benzene rings is 2. The lowest BCUT2D eigenvalue weighted by Crippen LogP contribution is -2.24. The Balaban J connectivity index is 2.48. The first-order valence-electron chi connectivity index (χ1n) is 5.78. The molecular formula is C15H17NO. The summed E-state index contributed by atoms with van der Waals surface area (Å²) in [5, 5.41) is 10.1. The second-order valence-corrected chi connectivity index (χ2v) is 4.26. The average molecular weight is 227 g/mol. The standard InChI is InChI=1S/C15H17NO/c1-11(16)15(17)14-10-6-5-9-13(14)12-7-3-2-4-8-12/h2-11,15,17H,16H2,1H3/t11-,15-/m1/s1. The molecule has 2 heteroatoms. The van der Waals surface area contributed by atoms with E-state index in [4.69, 9.17) is 5.73 Å². The van der Waals surface area contributed by atoms with Crippen LogP contribution in [0.5, 0.6) is 0 Å². The van der Waals surface area contributed by atoms with Crippen molar-refractivity contribution in [2.45, 2.75) is 19.1 Å². The van der Waals surface area contributed by atoms with Crippen LogP contribution >= 0.6 is 0 Å². The maximum absolute atomic E-state index is 10.1. The molecular weight excluding hydrogens is 210 g/mol. The Morgan fingerprint density at radius 2 is 1.53 bits per heavy atom. The molecule has 2 nitrogen and oxygen atoms in total. The molecule has 0 saturated carbocycles. The predicted octanol–water partition coefficient (Wildman–Crippen LogP) is 2.73. The predicted molar refractivity (Wildman–Crippen MR) is 70.5 cm³/mol. The molecule has 0 bridgehead atoms. The number of hydrogen-bond acceptors (Lipinski definition) is 2. The average Bonchev–Trinajstić information content (AvgIpc) is 2.39. The molecule has 2 atom stereocenters. The summed E-state index contributed by atoms with van der Waals surface area (Å²) in [5.41, 5.74) is 8.79. The van der Waals surface area contributed by atoms with E-state index in [1.54, 1.807) is 0 Å². The van der Waals surface area contributed by atoms with Crippen LogP contribution in [0.25, 0.3) is 11.1 Å². The third kappa shape index (κ3) is 2.54. The Bertz CT molecular complexity index is 479. The van der Waals surface area contributed by atoms with Crippen LogP contribution < -0.4 is 5.73 Å². The van der Waals surface area contributed by atoms with E-state index in [2.05, 4.69) is 0 Å². The Hall–Kier alpha value is -1.64. The summed E-state index contributed by atoms with van der Waals surface area (Å²) in [4.78, 5) is 0. The first-order chi connectivity index (χ1) is 8.20. The van der Waals surface area contributed by atoms with Crippen molar-refractivity contribution >= 4 is 0 Å². The lowest BCUT2D eigenvalue weighted by atomic mass is 9.94.